The van der Waals surface area contributed by atoms with E-state index in [1.165, 1.54) is 0 Å². The van der Waals surface area contributed by atoms with Crippen LogP contribution in [0.2, 0.25) is 0 Å². The summed E-state index contributed by atoms with van der Waals surface area (Å²) in [5.74, 6) is -0.985. The summed E-state index contributed by atoms with van der Waals surface area (Å²) in [6, 6.07) is 0. The molecule has 0 aromatic carbocycles. The van der Waals surface area contributed by atoms with Crippen molar-refractivity contribution in [2.75, 3.05) is 13.2 Å². The monoisotopic (exact) mass is 150 g/mol. The standard InChI is InChI=1S/C5H7ClO3/c6-5(4(7)8)1-2-9-3-5/h1-3H2,(H,7,8). The molecular weight excluding hydrogens is 144 g/mol. The maximum absolute atomic E-state index is 10.3. The van der Waals surface area contributed by atoms with Crippen LogP contribution in [0.5, 0.6) is 0 Å². The zero-order chi connectivity index (χ0) is 6.91. The molecule has 1 fully saturated rings. The van der Waals surface area contributed by atoms with Crippen LogP contribution in [0, 0.1) is 0 Å². The fraction of sp³-hybridized carbons (Fsp3) is 0.800. The normalized spacial score (nSPS) is 34.8. The van der Waals surface area contributed by atoms with Gasteiger partial charge in [-0.2, -0.15) is 0 Å². The lowest BCUT2D eigenvalue weighted by atomic mass is 10.1. The zero-order valence-electron chi connectivity index (χ0n) is 4.76. The third-order valence-electron chi connectivity index (χ3n) is 1.36. The second-order valence-electron chi connectivity index (χ2n) is 2.07. The van der Waals surface area contributed by atoms with Gasteiger partial charge in [-0.3, -0.25) is 4.79 Å². The molecule has 1 aliphatic heterocycles. The predicted octanol–water partition coefficient (Wildman–Crippen LogP) is 0.469. The number of carbonyl (C=O) groups is 1. The highest BCUT2D eigenvalue weighted by Gasteiger charge is 2.40. The Morgan fingerprint density at radius 1 is 1.78 bits per heavy atom. The average Bonchev–Trinajstić information content (AvgIpc) is 2.16. The van der Waals surface area contributed by atoms with Gasteiger partial charge in [0.15, 0.2) is 4.87 Å². The lowest BCUT2D eigenvalue weighted by molar-refractivity contribution is -0.140. The quantitative estimate of drug-likeness (QED) is 0.553. The molecule has 1 heterocycles. The summed E-state index contributed by atoms with van der Waals surface area (Å²) in [4.78, 5) is 9.17. The van der Waals surface area contributed by atoms with Gasteiger partial charge in [-0.25, -0.2) is 0 Å². The first-order chi connectivity index (χ1) is 4.15. The summed E-state index contributed by atoms with van der Waals surface area (Å²) < 4.78 is 4.81. The van der Waals surface area contributed by atoms with Crippen LogP contribution in [0.25, 0.3) is 0 Å². The van der Waals surface area contributed by atoms with E-state index in [4.69, 9.17) is 21.4 Å². The smallest absolute Gasteiger partial charge is 0.327 e. The van der Waals surface area contributed by atoms with Crippen molar-refractivity contribution in [3.63, 3.8) is 0 Å². The van der Waals surface area contributed by atoms with Crippen molar-refractivity contribution >= 4 is 17.6 Å². The molecule has 0 aromatic heterocycles. The fourth-order valence-corrected chi connectivity index (χ4v) is 0.863. The number of hydrogen-bond donors (Lipinski definition) is 1. The number of alkyl halides is 1. The Labute approximate surface area is 57.6 Å². The van der Waals surface area contributed by atoms with E-state index in [0.717, 1.165) is 0 Å². The van der Waals surface area contributed by atoms with Gasteiger partial charge in [0, 0.05) is 13.0 Å². The van der Waals surface area contributed by atoms with Crippen LogP contribution in [0.3, 0.4) is 0 Å². The van der Waals surface area contributed by atoms with E-state index < -0.39 is 10.8 Å². The van der Waals surface area contributed by atoms with Crippen LogP contribution in [0.1, 0.15) is 6.42 Å². The molecule has 1 N–H and O–H groups in total. The van der Waals surface area contributed by atoms with Gasteiger partial charge in [0.05, 0.1) is 6.61 Å². The molecular formula is C5H7ClO3. The number of halogens is 1. The van der Waals surface area contributed by atoms with Crippen LogP contribution in [0.15, 0.2) is 0 Å². The van der Waals surface area contributed by atoms with E-state index in [2.05, 4.69) is 0 Å². The van der Waals surface area contributed by atoms with E-state index in [-0.39, 0.29) is 6.61 Å². The molecule has 52 valence electrons. The molecule has 0 amide bonds. The minimum absolute atomic E-state index is 0.129. The summed E-state index contributed by atoms with van der Waals surface area (Å²) in [7, 11) is 0. The van der Waals surface area contributed by atoms with Crippen molar-refractivity contribution in [1.29, 1.82) is 0 Å². The minimum atomic E-state index is -1.14. The van der Waals surface area contributed by atoms with Crippen molar-refractivity contribution in [2.45, 2.75) is 11.3 Å². The highest BCUT2D eigenvalue weighted by atomic mass is 35.5. The Morgan fingerprint density at radius 3 is 2.67 bits per heavy atom. The van der Waals surface area contributed by atoms with Gasteiger partial charge in [0.1, 0.15) is 0 Å². The average molecular weight is 151 g/mol. The van der Waals surface area contributed by atoms with E-state index in [9.17, 15) is 4.79 Å². The number of carboxylic acid groups (broad SMARTS) is 1. The summed E-state index contributed by atoms with van der Waals surface area (Å²) in [6.07, 6.45) is 0.407. The van der Waals surface area contributed by atoms with Crippen LogP contribution >= 0.6 is 11.6 Å². The van der Waals surface area contributed by atoms with E-state index in [1.807, 2.05) is 0 Å². The molecule has 0 saturated carbocycles. The van der Waals surface area contributed by atoms with Gasteiger partial charge in [-0.15, -0.1) is 11.6 Å². The predicted molar refractivity (Wildman–Crippen MR) is 31.7 cm³/mol. The van der Waals surface area contributed by atoms with Gasteiger partial charge in [0.2, 0.25) is 0 Å². The molecule has 0 aliphatic carbocycles. The zero-order valence-corrected chi connectivity index (χ0v) is 5.52. The Bertz CT molecular complexity index is 128. The Morgan fingerprint density at radius 2 is 2.44 bits per heavy atom. The third kappa shape index (κ3) is 1.17. The molecule has 1 atom stereocenters. The fourth-order valence-electron chi connectivity index (χ4n) is 0.709. The Hall–Kier alpha value is -0.280. The SMILES string of the molecule is O=C(O)C1(Cl)CCOC1. The maximum Gasteiger partial charge on any atom is 0.327 e. The molecule has 1 unspecified atom stereocenters. The molecule has 4 heteroatoms. The summed E-state index contributed by atoms with van der Waals surface area (Å²) in [5, 5.41) is 8.46. The van der Waals surface area contributed by atoms with E-state index in [0.29, 0.717) is 13.0 Å². The number of aliphatic carboxylic acids is 1. The van der Waals surface area contributed by atoms with Crippen molar-refractivity contribution in [3.8, 4) is 0 Å². The van der Waals surface area contributed by atoms with Gasteiger partial charge in [-0.05, 0) is 0 Å². The first-order valence-electron chi connectivity index (χ1n) is 2.65. The van der Waals surface area contributed by atoms with Crippen LogP contribution < -0.4 is 0 Å². The molecule has 1 aliphatic rings. The van der Waals surface area contributed by atoms with Crippen molar-refractivity contribution in [1.82, 2.24) is 0 Å². The lowest BCUT2D eigenvalue weighted by Crippen LogP contribution is -2.32. The molecule has 0 aromatic rings. The largest absolute Gasteiger partial charge is 0.480 e. The summed E-state index contributed by atoms with van der Waals surface area (Å²) in [6.45, 7) is 0.583. The number of ether oxygens (including phenoxy) is 1. The molecule has 0 bridgehead atoms. The summed E-state index contributed by atoms with van der Waals surface area (Å²) in [5.41, 5.74) is 0. The van der Waals surface area contributed by atoms with E-state index in [1.54, 1.807) is 0 Å². The Balaban J connectivity index is 2.61. The molecule has 0 spiro atoms. The first-order valence-corrected chi connectivity index (χ1v) is 3.03. The van der Waals surface area contributed by atoms with E-state index >= 15 is 0 Å². The molecule has 9 heavy (non-hydrogen) atoms. The third-order valence-corrected chi connectivity index (χ3v) is 1.82. The minimum Gasteiger partial charge on any atom is -0.480 e. The molecule has 1 rings (SSSR count). The number of rotatable bonds is 1. The van der Waals surface area contributed by atoms with Gasteiger partial charge in [0.25, 0.3) is 0 Å². The van der Waals surface area contributed by atoms with Crippen LogP contribution in [-0.2, 0) is 9.53 Å². The summed E-state index contributed by atoms with van der Waals surface area (Å²) >= 11 is 5.58. The lowest BCUT2D eigenvalue weighted by Gasteiger charge is -2.10. The second-order valence-corrected chi connectivity index (χ2v) is 2.80. The molecule has 0 radical (unpaired) electrons. The first kappa shape index (κ1) is 6.83. The highest BCUT2D eigenvalue weighted by Crippen LogP contribution is 2.25. The Kier molecular flexibility index (Phi) is 1.64. The highest BCUT2D eigenvalue weighted by molar-refractivity contribution is 6.34. The van der Waals surface area contributed by atoms with Gasteiger partial charge in [-0.1, -0.05) is 0 Å². The number of carboxylic acids is 1. The van der Waals surface area contributed by atoms with Crippen molar-refractivity contribution in [2.24, 2.45) is 0 Å². The van der Waals surface area contributed by atoms with Crippen LogP contribution in [-0.4, -0.2) is 29.2 Å². The second kappa shape index (κ2) is 2.15. The molecule has 1 saturated heterocycles. The number of hydrogen-bond acceptors (Lipinski definition) is 2. The van der Waals surface area contributed by atoms with Crippen molar-refractivity contribution < 1.29 is 14.6 Å². The maximum atomic E-state index is 10.3. The van der Waals surface area contributed by atoms with Crippen LogP contribution in [0.4, 0.5) is 0 Å². The van der Waals surface area contributed by atoms with Crippen molar-refractivity contribution in [3.05, 3.63) is 0 Å². The topological polar surface area (TPSA) is 46.5 Å². The van der Waals surface area contributed by atoms with Gasteiger partial charge >= 0.3 is 5.97 Å². The van der Waals surface area contributed by atoms with Gasteiger partial charge < -0.3 is 9.84 Å². The molecule has 3 nitrogen and oxygen atoms in total.